The van der Waals surface area contributed by atoms with Crippen LogP contribution >= 0.6 is 15.9 Å². The molecule has 56 valence electrons. The standard InChI is InChI=1S/C8H7BrN2/c9-8-3-1-2-7-6-10-4-5-11(7)8/h1-4,6H,5H2. The molecule has 0 aromatic rings. The number of fused-ring (bicyclic) bond motifs is 1. The maximum Gasteiger partial charge on any atom is 0.0854 e. The van der Waals surface area contributed by atoms with Crippen molar-refractivity contribution in [1.29, 1.82) is 0 Å². The zero-order valence-electron chi connectivity index (χ0n) is 5.87. The van der Waals surface area contributed by atoms with Crippen LogP contribution in [0, 0.1) is 0 Å². The molecule has 2 aliphatic rings. The summed E-state index contributed by atoms with van der Waals surface area (Å²) in [5, 5.41) is 0. The van der Waals surface area contributed by atoms with Crippen LogP contribution in [-0.2, 0) is 0 Å². The summed E-state index contributed by atoms with van der Waals surface area (Å²) in [6.45, 7) is 0.854. The van der Waals surface area contributed by atoms with E-state index in [1.807, 2.05) is 30.6 Å². The molecular weight excluding hydrogens is 204 g/mol. The predicted molar refractivity (Wildman–Crippen MR) is 49.4 cm³/mol. The van der Waals surface area contributed by atoms with Gasteiger partial charge in [0.1, 0.15) is 0 Å². The number of allylic oxidation sites excluding steroid dienone is 3. The number of halogens is 1. The zero-order valence-corrected chi connectivity index (χ0v) is 7.45. The van der Waals surface area contributed by atoms with Gasteiger partial charge in [-0.1, -0.05) is 6.08 Å². The highest BCUT2D eigenvalue weighted by atomic mass is 79.9. The molecule has 0 aromatic carbocycles. The molecule has 0 saturated heterocycles. The first-order valence-corrected chi connectivity index (χ1v) is 4.20. The fourth-order valence-electron chi connectivity index (χ4n) is 1.09. The van der Waals surface area contributed by atoms with Gasteiger partial charge < -0.3 is 4.90 Å². The molecule has 0 atom stereocenters. The minimum absolute atomic E-state index is 0.854. The van der Waals surface area contributed by atoms with E-state index in [1.54, 1.807) is 0 Å². The fraction of sp³-hybridized carbons (Fsp3) is 0.125. The van der Waals surface area contributed by atoms with Gasteiger partial charge in [-0.05, 0) is 28.1 Å². The Bertz CT molecular complexity index is 286. The van der Waals surface area contributed by atoms with E-state index in [1.165, 1.54) is 0 Å². The highest BCUT2D eigenvalue weighted by Gasteiger charge is 2.13. The smallest absolute Gasteiger partial charge is 0.0854 e. The van der Waals surface area contributed by atoms with Gasteiger partial charge >= 0.3 is 0 Å². The van der Waals surface area contributed by atoms with Crippen LogP contribution in [-0.4, -0.2) is 17.7 Å². The van der Waals surface area contributed by atoms with Crippen LogP contribution in [0.5, 0.6) is 0 Å². The van der Waals surface area contributed by atoms with Crippen molar-refractivity contribution in [2.75, 3.05) is 6.54 Å². The molecule has 0 radical (unpaired) electrons. The van der Waals surface area contributed by atoms with Crippen molar-refractivity contribution in [2.45, 2.75) is 0 Å². The van der Waals surface area contributed by atoms with E-state index in [2.05, 4.69) is 25.8 Å². The third-order valence-electron chi connectivity index (χ3n) is 1.65. The molecule has 0 spiro atoms. The van der Waals surface area contributed by atoms with Gasteiger partial charge in [0.25, 0.3) is 0 Å². The van der Waals surface area contributed by atoms with Crippen molar-refractivity contribution in [2.24, 2.45) is 4.99 Å². The van der Waals surface area contributed by atoms with Gasteiger partial charge in [-0.3, -0.25) is 4.99 Å². The summed E-state index contributed by atoms with van der Waals surface area (Å²) in [5.74, 6) is 0. The lowest BCUT2D eigenvalue weighted by Gasteiger charge is -2.26. The topological polar surface area (TPSA) is 15.6 Å². The second-order valence-corrected chi connectivity index (χ2v) is 3.16. The third-order valence-corrected chi connectivity index (χ3v) is 2.34. The van der Waals surface area contributed by atoms with Gasteiger partial charge in [0.2, 0.25) is 0 Å². The molecule has 0 aliphatic carbocycles. The first-order chi connectivity index (χ1) is 5.38. The largest absolute Gasteiger partial charge is 0.329 e. The maximum atomic E-state index is 4.07. The summed E-state index contributed by atoms with van der Waals surface area (Å²) in [6.07, 6.45) is 9.82. The molecule has 0 aromatic heterocycles. The quantitative estimate of drug-likeness (QED) is 0.559. The third kappa shape index (κ3) is 1.16. The average Bonchev–Trinajstić information content (AvgIpc) is 2.06. The Morgan fingerprint density at radius 3 is 3.27 bits per heavy atom. The molecule has 0 unspecified atom stereocenters. The highest BCUT2D eigenvalue weighted by Crippen LogP contribution is 2.24. The van der Waals surface area contributed by atoms with Crippen LogP contribution in [0.25, 0.3) is 0 Å². The van der Waals surface area contributed by atoms with Gasteiger partial charge in [-0.2, -0.15) is 0 Å². The number of rotatable bonds is 0. The van der Waals surface area contributed by atoms with Crippen molar-refractivity contribution >= 4 is 22.1 Å². The molecule has 2 heterocycles. The van der Waals surface area contributed by atoms with Gasteiger partial charge in [-0.15, -0.1) is 0 Å². The Balaban J connectivity index is 2.37. The highest BCUT2D eigenvalue weighted by molar-refractivity contribution is 9.11. The minimum atomic E-state index is 0.854. The van der Waals surface area contributed by atoms with Crippen LogP contribution in [0.15, 0.2) is 39.7 Å². The summed E-state index contributed by atoms with van der Waals surface area (Å²) in [7, 11) is 0. The predicted octanol–water partition coefficient (Wildman–Crippen LogP) is 2.02. The second kappa shape index (κ2) is 2.66. The summed E-state index contributed by atoms with van der Waals surface area (Å²) in [5.41, 5.74) is 1.14. The molecule has 11 heavy (non-hydrogen) atoms. The number of nitrogens with zero attached hydrogens (tertiary/aromatic N) is 2. The van der Waals surface area contributed by atoms with Crippen LogP contribution in [0.1, 0.15) is 0 Å². The molecule has 0 fully saturated rings. The molecule has 0 N–H and O–H groups in total. The van der Waals surface area contributed by atoms with Crippen LogP contribution < -0.4 is 0 Å². The summed E-state index contributed by atoms with van der Waals surface area (Å²) in [4.78, 5) is 6.21. The lowest BCUT2D eigenvalue weighted by Crippen LogP contribution is -2.24. The van der Waals surface area contributed by atoms with Crippen LogP contribution in [0.2, 0.25) is 0 Å². The molecule has 0 amide bonds. The number of hydrogen-bond acceptors (Lipinski definition) is 2. The molecule has 0 bridgehead atoms. The Morgan fingerprint density at radius 2 is 2.45 bits per heavy atom. The van der Waals surface area contributed by atoms with Gasteiger partial charge in [0.05, 0.1) is 23.0 Å². The zero-order chi connectivity index (χ0) is 7.68. The van der Waals surface area contributed by atoms with Gasteiger partial charge in [-0.25, -0.2) is 0 Å². The van der Waals surface area contributed by atoms with E-state index in [9.17, 15) is 0 Å². The normalized spacial score (nSPS) is 21.0. The lowest BCUT2D eigenvalue weighted by molar-refractivity contribution is 0.530. The monoisotopic (exact) mass is 210 g/mol. The fourth-order valence-corrected chi connectivity index (χ4v) is 1.59. The van der Waals surface area contributed by atoms with Crippen LogP contribution in [0.4, 0.5) is 0 Å². The summed E-state index contributed by atoms with van der Waals surface area (Å²) >= 11 is 3.46. The van der Waals surface area contributed by atoms with Gasteiger partial charge in [0, 0.05) is 6.21 Å². The van der Waals surface area contributed by atoms with Crippen molar-refractivity contribution in [3.63, 3.8) is 0 Å². The molecule has 0 saturated carbocycles. The van der Waals surface area contributed by atoms with Gasteiger partial charge in [0.15, 0.2) is 0 Å². The number of aliphatic imine (C=N–C) groups is 1. The molecule has 2 rings (SSSR count). The SMILES string of the molecule is BrC1=CC=CC2=CN=CCN12. The van der Waals surface area contributed by atoms with E-state index in [0.717, 1.165) is 16.8 Å². The van der Waals surface area contributed by atoms with Crippen molar-refractivity contribution in [3.8, 4) is 0 Å². The van der Waals surface area contributed by atoms with E-state index >= 15 is 0 Å². The maximum absolute atomic E-state index is 4.07. The Hall–Kier alpha value is -0.830. The molecule has 2 aliphatic heterocycles. The number of hydrogen-bond donors (Lipinski definition) is 0. The van der Waals surface area contributed by atoms with Crippen LogP contribution in [0.3, 0.4) is 0 Å². The Labute approximate surface area is 73.7 Å². The summed E-state index contributed by atoms with van der Waals surface area (Å²) < 4.78 is 1.09. The van der Waals surface area contributed by atoms with E-state index in [0.29, 0.717) is 0 Å². The van der Waals surface area contributed by atoms with Crippen molar-refractivity contribution in [3.05, 3.63) is 34.7 Å². The van der Waals surface area contributed by atoms with Crippen molar-refractivity contribution < 1.29 is 0 Å². The molecule has 2 nitrogen and oxygen atoms in total. The van der Waals surface area contributed by atoms with E-state index in [4.69, 9.17) is 0 Å². The molecule has 3 heteroatoms. The molecular formula is C8H7BrN2. The first kappa shape index (κ1) is 6.85. The summed E-state index contributed by atoms with van der Waals surface area (Å²) in [6, 6.07) is 0. The lowest BCUT2D eigenvalue weighted by atomic mass is 10.2. The van der Waals surface area contributed by atoms with E-state index < -0.39 is 0 Å². The van der Waals surface area contributed by atoms with Crippen molar-refractivity contribution in [1.82, 2.24) is 4.90 Å². The minimum Gasteiger partial charge on any atom is -0.329 e. The first-order valence-electron chi connectivity index (χ1n) is 3.41. The second-order valence-electron chi connectivity index (χ2n) is 2.34. The van der Waals surface area contributed by atoms with E-state index in [-0.39, 0.29) is 0 Å². The Morgan fingerprint density at radius 1 is 1.55 bits per heavy atom. The Kier molecular flexibility index (Phi) is 1.66. The average molecular weight is 211 g/mol.